The van der Waals surface area contributed by atoms with Gasteiger partial charge in [-0.05, 0) is 32.7 Å². The molecule has 0 saturated carbocycles. The summed E-state index contributed by atoms with van der Waals surface area (Å²) in [5.41, 5.74) is 0. The van der Waals surface area contributed by atoms with E-state index in [1.165, 1.54) is 12.8 Å². The number of carboxylic acids is 1. The Labute approximate surface area is 113 Å². The molecule has 2 heterocycles. The molecule has 0 spiro atoms. The third-order valence-corrected chi connectivity index (χ3v) is 4.28. The second-order valence-electron chi connectivity index (χ2n) is 5.51. The first-order valence-corrected chi connectivity index (χ1v) is 7.04. The van der Waals surface area contributed by atoms with Gasteiger partial charge in [0.15, 0.2) is 0 Å². The lowest BCUT2D eigenvalue weighted by Gasteiger charge is -2.26. The number of amides is 2. The van der Waals surface area contributed by atoms with Crippen LogP contribution in [0.5, 0.6) is 0 Å². The van der Waals surface area contributed by atoms with Gasteiger partial charge in [-0.1, -0.05) is 0 Å². The molecule has 2 N–H and O–H groups in total. The van der Waals surface area contributed by atoms with Crippen molar-refractivity contribution in [1.29, 1.82) is 0 Å². The summed E-state index contributed by atoms with van der Waals surface area (Å²) in [7, 11) is 2.15. The van der Waals surface area contributed by atoms with E-state index in [2.05, 4.69) is 17.3 Å². The number of carboxylic acid groups (broad SMARTS) is 1. The monoisotopic (exact) mass is 269 g/mol. The number of hydrogen-bond donors (Lipinski definition) is 2. The van der Waals surface area contributed by atoms with Gasteiger partial charge in [-0.25, -0.2) is 4.79 Å². The standard InChI is InChI=1S/C13H23N3O3/c1-15-10-4-5-11(15)9-16(8-6-10)13(19)14-7-2-3-12(17)18/h10-11H,2-9H2,1H3,(H,14,19)(H,17,18). The van der Waals surface area contributed by atoms with Crippen molar-refractivity contribution < 1.29 is 14.7 Å². The number of carbonyl (C=O) groups excluding carboxylic acids is 1. The van der Waals surface area contributed by atoms with E-state index < -0.39 is 5.97 Å². The number of urea groups is 1. The molecule has 2 aliphatic rings. The van der Waals surface area contributed by atoms with Gasteiger partial charge >= 0.3 is 12.0 Å². The van der Waals surface area contributed by atoms with E-state index in [0.29, 0.717) is 25.0 Å². The fourth-order valence-electron chi connectivity index (χ4n) is 3.04. The van der Waals surface area contributed by atoms with Crippen LogP contribution in [0.3, 0.4) is 0 Å². The molecule has 2 fully saturated rings. The first-order chi connectivity index (χ1) is 9.08. The molecule has 108 valence electrons. The van der Waals surface area contributed by atoms with E-state index in [4.69, 9.17) is 5.11 Å². The predicted octanol–water partition coefficient (Wildman–Crippen LogP) is 0.729. The van der Waals surface area contributed by atoms with Gasteiger partial charge < -0.3 is 15.3 Å². The lowest BCUT2D eigenvalue weighted by Crippen LogP contribution is -2.45. The molecule has 2 saturated heterocycles. The Morgan fingerprint density at radius 2 is 2.00 bits per heavy atom. The van der Waals surface area contributed by atoms with E-state index >= 15 is 0 Å². The summed E-state index contributed by atoms with van der Waals surface area (Å²) in [5, 5.41) is 11.4. The Balaban J connectivity index is 1.75. The molecule has 2 amide bonds. The largest absolute Gasteiger partial charge is 0.481 e. The number of carbonyl (C=O) groups is 2. The highest BCUT2D eigenvalue weighted by Gasteiger charge is 2.35. The third-order valence-electron chi connectivity index (χ3n) is 4.28. The topological polar surface area (TPSA) is 72.9 Å². The lowest BCUT2D eigenvalue weighted by atomic mass is 10.1. The van der Waals surface area contributed by atoms with Crippen molar-refractivity contribution in [2.45, 2.75) is 44.2 Å². The number of aliphatic carboxylic acids is 1. The maximum Gasteiger partial charge on any atom is 0.317 e. The number of nitrogens with one attached hydrogen (secondary N) is 1. The van der Waals surface area contributed by atoms with Gasteiger partial charge in [-0.2, -0.15) is 0 Å². The fourth-order valence-corrected chi connectivity index (χ4v) is 3.04. The molecule has 6 heteroatoms. The summed E-state index contributed by atoms with van der Waals surface area (Å²) in [4.78, 5) is 26.7. The van der Waals surface area contributed by atoms with Gasteiger partial charge in [0.2, 0.25) is 0 Å². The average molecular weight is 269 g/mol. The Morgan fingerprint density at radius 3 is 2.74 bits per heavy atom. The van der Waals surface area contributed by atoms with Crippen LogP contribution in [0, 0.1) is 0 Å². The lowest BCUT2D eigenvalue weighted by molar-refractivity contribution is -0.137. The molecule has 2 aliphatic heterocycles. The number of nitrogens with zero attached hydrogens (tertiary/aromatic N) is 2. The van der Waals surface area contributed by atoms with Crippen LogP contribution in [-0.2, 0) is 4.79 Å². The first-order valence-electron chi connectivity index (χ1n) is 7.04. The Hall–Kier alpha value is -1.30. The summed E-state index contributed by atoms with van der Waals surface area (Å²) >= 11 is 0. The van der Waals surface area contributed by atoms with Crippen LogP contribution in [-0.4, -0.2) is 65.7 Å². The van der Waals surface area contributed by atoms with Crippen LogP contribution in [0.4, 0.5) is 4.79 Å². The second-order valence-corrected chi connectivity index (χ2v) is 5.51. The zero-order valence-electron chi connectivity index (χ0n) is 11.5. The second kappa shape index (κ2) is 6.23. The number of likely N-dealkylation sites (tertiary alicyclic amines) is 1. The molecule has 2 rings (SSSR count). The van der Waals surface area contributed by atoms with Crippen molar-refractivity contribution in [1.82, 2.24) is 15.1 Å². The maximum atomic E-state index is 12.0. The summed E-state index contributed by atoms with van der Waals surface area (Å²) < 4.78 is 0. The zero-order chi connectivity index (χ0) is 13.8. The van der Waals surface area contributed by atoms with Crippen LogP contribution < -0.4 is 5.32 Å². The molecule has 6 nitrogen and oxygen atoms in total. The predicted molar refractivity (Wildman–Crippen MR) is 71.0 cm³/mol. The molecule has 0 radical (unpaired) electrons. The van der Waals surface area contributed by atoms with Gasteiger partial charge in [-0.3, -0.25) is 9.69 Å². The van der Waals surface area contributed by atoms with E-state index in [0.717, 1.165) is 19.5 Å². The number of hydrogen-bond acceptors (Lipinski definition) is 3. The van der Waals surface area contributed by atoms with Crippen molar-refractivity contribution in [3.63, 3.8) is 0 Å². The third kappa shape index (κ3) is 3.59. The van der Waals surface area contributed by atoms with Gasteiger partial charge in [0, 0.05) is 38.1 Å². The fraction of sp³-hybridized carbons (Fsp3) is 0.846. The van der Waals surface area contributed by atoms with Crippen molar-refractivity contribution in [3.05, 3.63) is 0 Å². The molecular formula is C13H23N3O3. The molecular weight excluding hydrogens is 246 g/mol. The maximum absolute atomic E-state index is 12.0. The summed E-state index contributed by atoms with van der Waals surface area (Å²) in [6.07, 6.45) is 4.04. The van der Waals surface area contributed by atoms with Gasteiger partial charge in [0.05, 0.1) is 0 Å². The number of likely N-dealkylation sites (N-methyl/N-ethyl adjacent to an activating group) is 1. The highest BCUT2D eigenvalue weighted by atomic mass is 16.4. The zero-order valence-corrected chi connectivity index (χ0v) is 11.5. The molecule has 2 bridgehead atoms. The van der Waals surface area contributed by atoms with Crippen molar-refractivity contribution in [3.8, 4) is 0 Å². The SMILES string of the molecule is CN1C2CCC1CN(C(=O)NCCCC(=O)O)CC2. The normalized spacial score (nSPS) is 27.1. The van der Waals surface area contributed by atoms with Crippen LogP contribution in [0.1, 0.15) is 32.1 Å². The molecule has 0 aromatic rings. The quantitative estimate of drug-likeness (QED) is 0.738. The Bertz CT molecular complexity index is 348. The number of fused-ring (bicyclic) bond motifs is 2. The van der Waals surface area contributed by atoms with Crippen LogP contribution in [0.15, 0.2) is 0 Å². The number of rotatable bonds is 4. The van der Waals surface area contributed by atoms with E-state index in [9.17, 15) is 9.59 Å². The van der Waals surface area contributed by atoms with E-state index in [1.54, 1.807) is 0 Å². The van der Waals surface area contributed by atoms with Crippen molar-refractivity contribution in [2.24, 2.45) is 0 Å². The molecule has 0 aromatic heterocycles. The molecule has 2 atom stereocenters. The average Bonchev–Trinajstić information content (AvgIpc) is 2.58. The molecule has 0 aliphatic carbocycles. The van der Waals surface area contributed by atoms with Gasteiger partial charge in [-0.15, -0.1) is 0 Å². The van der Waals surface area contributed by atoms with E-state index in [-0.39, 0.29) is 12.5 Å². The van der Waals surface area contributed by atoms with Crippen LogP contribution in [0.2, 0.25) is 0 Å². The highest BCUT2D eigenvalue weighted by molar-refractivity contribution is 5.74. The molecule has 0 aromatic carbocycles. The van der Waals surface area contributed by atoms with Crippen LogP contribution in [0.25, 0.3) is 0 Å². The summed E-state index contributed by atoms with van der Waals surface area (Å²) in [5.74, 6) is -0.817. The first kappa shape index (κ1) is 14.1. The Kier molecular flexibility index (Phi) is 4.63. The van der Waals surface area contributed by atoms with Gasteiger partial charge in [0.25, 0.3) is 0 Å². The summed E-state index contributed by atoms with van der Waals surface area (Å²) in [6.45, 7) is 2.03. The van der Waals surface area contributed by atoms with Gasteiger partial charge in [0.1, 0.15) is 0 Å². The smallest absolute Gasteiger partial charge is 0.317 e. The molecule has 2 unspecified atom stereocenters. The van der Waals surface area contributed by atoms with Crippen molar-refractivity contribution in [2.75, 3.05) is 26.7 Å². The Morgan fingerprint density at radius 1 is 1.26 bits per heavy atom. The molecule has 19 heavy (non-hydrogen) atoms. The summed E-state index contributed by atoms with van der Waals surface area (Å²) in [6, 6.07) is 1.05. The minimum absolute atomic E-state index is 0.0497. The minimum Gasteiger partial charge on any atom is -0.481 e. The van der Waals surface area contributed by atoms with E-state index in [1.807, 2.05) is 4.90 Å². The van der Waals surface area contributed by atoms with Crippen LogP contribution >= 0.6 is 0 Å². The highest BCUT2D eigenvalue weighted by Crippen LogP contribution is 2.28. The van der Waals surface area contributed by atoms with Crippen molar-refractivity contribution >= 4 is 12.0 Å². The minimum atomic E-state index is -0.817.